The molecule has 11 heteroatoms. The number of ether oxygens (including phenoxy) is 3. The van der Waals surface area contributed by atoms with Crippen molar-refractivity contribution in [3.05, 3.63) is 48.5 Å². The van der Waals surface area contributed by atoms with Gasteiger partial charge in [-0.1, -0.05) is 18.2 Å². The van der Waals surface area contributed by atoms with Crippen molar-refractivity contribution in [3.63, 3.8) is 0 Å². The van der Waals surface area contributed by atoms with E-state index in [0.29, 0.717) is 23.3 Å². The van der Waals surface area contributed by atoms with Gasteiger partial charge in [0.25, 0.3) is 5.91 Å². The average Bonchev–Trinajstić information content (AvgIpc) is 3.36. The summed E-state index contributed by atoms with van der Waals surface area (Å²) in [6, 6.07) is 8.74. The van der Waals surface area contributed by atoms with E-state index in [-0.39, 0.29) is 24.9 Å². The maximum absolute atomic E-state index is 12.5. The van der Waals surface area contributed by atoms with Gasteiger partial charge >= 0.3 is 0 Å². The van der Waals surface area contributed by atoms with Crippen LogP contribution in [0.25, 0.3) is 11.2 Å². The number of carbonyl (C=O) groups is 1. The van der Waals surface area contributed by atoms with Crippen molar-refractivity contribution in [2.45, 2.75) is 24.5 Å². The molecular weight excluding hydrogens is 406 g/mol. The Labute approximate surface area is 177 Å². The van der Waals surface area contributed by atoms with Crippen LogP contribution in [0.3, 0.4) is 0 Å². The number of nitrogens with one attached hydrogen (secondary N) is 1. The lowest BCUT2D eigenvalue weighted by Gasteiger charge is -2.22. The molecule has 1 aliphatic rings. The summed E-state index contributed by atoms with van der Waals surface area (Å²) >= 11 is 0. The quantitative estimate of drug-likeness (QED) is 0.433. The van der Waals surface area contributed by atoms with Gasteiger partial charge in [-0.25, -0.2) is 15.0 Å². The van der Waals surface area contributed by atoms with E-state index in [0.717, 1.165) is 0 Å². The van der Waals surface area contributed by atoms with Crippen molar-refractivity contribution in [2.24, 2.45) is 0 Å². The number of fused-ring (bicyclic) bond motifs is 1. The normalized spacial score (nSPS) is 23.3. The Morgan fingerprint density at radius 2 is 2.03 bits per heavy atom. The second-order valence-corrected chi connectivity index (χ2v) is 6.93. The molecule has 0 bridgehead atoms. The maximum Gasteiger partial charge on any atom is 0.256 e. The molecule has 0 radical (unpaired) electrons. The second kappa shape index (κ2) is 9.45. The molecule has 31 heavy (non-hydrogen) atoms. The molecule has 1 fully saturated rings. The monoisotopic (exact) mass is 429 g/mol. The number of aliphatic hydroxyl groups excluding tert-OH is 2. The zero-order valence-electron chi connectivity index (χ0n) is 16.8. The van der Waals surface area contributed by atoms with E-state index in [1.165, 1.54) is 12.7 Å². The number of hydrogen-bond donors (Lipinski definition) is 3. The number of amides is 1. The summed E-state index contributed by atoms with van der Waals surface area (Å²) in [5, 5.41) is 22.8. The highest BCUT2D eigenvalue weighted by atomic mass is 16.6. The fourth-order valence-corrected chi connectivity index (χ4v) is 3.44. The first-order valence-electron chi connectivity index (χ1n) is 9.73. The number of carbonyl (C=O) groups excluding carboxylic acids is 1. The number of aromatic nitrogens is 4. The van der Waals surface area contributed by atoms with Crippen molar-refractivity contribution < 1.29 is 29.2 Å². The Morgan fingerprint density at radius 1 is 1.23 bits per heavy atom. The number of imidazole rings is 1. The van der Waals surface area contributed by atoms with Gasteiger partial charge in [-0.3, -0.25) is 9.36 Å². The minimum atomic E-state index is -1.05. The van der Waals surface area contributed by atoms with E-state index in [4.69, 9.17) is 14.2 Å². The van der Waals surface area contributed by atoms with E-state index in [1.807, 2.05) is 6.07 Å². The molecule has 11 nitrogen and oxygen atoms in total. The third-order valence-electron chi connectivity index (χ3n) is 4.99. The Morgan fingerprint density at radius 3 is 2.77 bits per heavy atom. The smallest absolute Gasteiger partial charge is 0.256 e. The molecule has 3 N–H and O–H groups in total. The zero-order valence-corrected chi connectivity index (χ0v) is 16.8. The first-order chi connectivity index (χ1) is 15.1. The number of methoxy groups -OCH3 is 1. The maximum atomic E-state index is 12.5. The van der Waals surface area contributed by atoms with Crippen LogP contribution in [0.2, 0.25) is 0 Å². The summed E-state index contributed by atoms with van der Waals surface area (Å²) in [7, 11) is 1.55. The summed E-state index contributed by atoms with van der Waals surface area (Å²) in [5.74, 6) is -0.0875. The molecule has 3 aromatic rings. The van der Waals surface area contributed by atoms with E-state index < -0.39 is 24.5 Å². The molecule has 1 amide bonds. The van der Waals surface area contributed by atoms with Crippen LogP contribution >= 0.6 is 0 Å². The number of aliphatic hydroxyl groups is 2. The van der Waals surface area contributed by atoms with Crippen LogP contribution in [0.5, 0.6) is 0 Å². The van der Waals surface area contributed by atoms with Gasteiger partial charge in [0.2, 0.25) is 0 Å². The van der Waals surface area contributed by atoms with Crippen LogP contribution in [0, 0.1) is 0 Å². The fourth-order valence-electron chi connectivity index (χ4n) is 3.44. The van der Waals surface area contributed by atoms with Crippen molar-refractivity contribution in [2.75, 3.05) is 32.2 Å². The van der Waals surface area contributed by atoms with Crippen LogP contribution in [0.15, 0.2) is 43.0 Å². The topological polar surface area (TPSA) is 141 Å². The molecule has 0 spiro atoms. The molecule has 0 saturated carbocycles. The van der Waals surface area contributed by atoms with Gasteiger partial charge in [0.15, 0.2) is 23.2 Å². The van der Waals surface area contributed by atoms with Crippen molar-refractivity contribution in [1.29, 1.82) is 0 Å². The average molecular weight is 429 g/mol. The predicted molar refractivity (Wildman–Crippen MR) is 108 cm³/mol. The Balaban J connectivity index is 1.62. The second-order valence-electron chi connectivity index (χ2n) is 6.93. The highest BCUT2D eigenvalue weighted by Crippen LogP contribution is 2.34. The number of nitrogens with zero attached hydrogens (tertiary/aromatic N) is 4. The summed E-state index contributed by atoms with van der Waals surface area (Å²) in [6.45, 7) is 0.195. The standard InChI is InChI=1S/C20H23N5O6/c1-29-7-8-30-16-15(27)13(9-26)31-20(16)25-11-23-14-17(21-10-22-18(14)25)24-19(28)12-5-3-2-4-6-12/h2-6,10-11,13,15-16,20,26-27H,7-9H2,1H3,(H,21,22,24,28)/t13-,15+,16?,20-/m1/s1. The van der Waals surface area contributed by atoms with Crippen LogP contribution in [0.4, 0.5) is 5.82 Å². The van der Waals surface area contributed by atoms with Crippen LogP contribution in [-0.4, -0.2) is 80.9 Å². The highest BCUT2D eigenvalue weighted by Gasteiger charge is 2.45. The summed E-state index contributed by atoms with van der Waals surface area (Å²) in [6.07, 6.45) is -0.667. The molecule has 1 unspecified atom stereocenters. The molecule has 4 rings (SSSR count). The lowest BCUT2D eigenvalue weighted by molar-refractivity contribution is -0.0785. The summed E-state index contributed by atoms with van der Waals surface area (Å²) in [4.78, 5) is 25.3. The first kappa shape index (κ1) is 21.3. The highest BCUT2D eigenvalue weighted by molar-refractivity contribution is 6.06. The van der Waals surface area contributed by atoms with E-state index >= 15 is 0 Å². The summed E-state index contributed by atoms with van der Waals surface area (Å²) < 4.78 is 18.2. The molecule has 2 aromatic heterocycles. The van der Waals surface area contributed by atoms with Gasteiger partial charge in [0.05, 0.1) is 26.1 Å². The minimum Gasteiger partial charge on any atom is -0.394 e. The van der Waals surface area contributed by atoms with Gasteiger partial charge in [-0.2, -0.15) is 0 Å². The molecule has 0 aliphatic carbocycles. The van der Waals surface area contributed by atoms with Crippen LogP contribution < -0.4 is 5.32 Å². The van der Waals surface area contributed by atoms with E-state index in [1.54, 1.807) is 35.9 Å². The largest absolute Gasteiger partial charge is 0.394 e. The van der Waals surface area contributed by atoms with Crippen LogP contribution in [0.1, 0.15) is 16.6 Å². The molecule has 1 aromatic carbocycles. The molecule has 3 heterocycles. The van der Waals surface area contributed by atoms with Crippen molar-refractivity contribution >= 4 is 22.9 Å². The fraction of sp³-hybridized carbons (Fsp3) is 0.400. The van der Waals surface area contributed by atoms with E-state index in [9.17, 15) is 15.0 Å². The first-order valence-corrected chi connectivity index (χ1v) is 9.73. The molecule has 1 saturated heterocycles. The lowest BCUT2D eigenvalue weighted by atomic mass is 10.1. The van der Waals surface area contributed by atoms with E-state index in [2.05, 4.69) is 20.3 Å². The van der Waals surface area contributed by atoms with Gasteiger partial charge < -0.3 is 29.7 Å². The van der Waals surface area contributed by atoms with Gasteiger partial charge in [-0.05, 0) is 12.1 Å². The van der Waals surface area contributed by atoms with Gasteiger partial charge in [-0.15, -0.1) is 0 Å². The van der Waals surface area contributed by atoms with Crippen molar-refractivity contribution in [3.8, 4) is 0 Å². The predicted octanol–water partition coefficient (Wildman–Crippen LogP) is 0.361. The molecule has 164 valence electrons. The van der Waals surface area contributed by atoms with Gasteiger partial charge in [0.1, 0.15) is 24.6 Å². The molecule has 1 aliphatic heterocycles. The van der Waals surface area contributed by atoms with Crippen molar-refractivity contribution in [1.82, 2.24) is 19.5 Å². The number of hydrogen-bond acceptors (Lipinski definition) is 9. The SMILES string of the molecule is COCCOC1[C@@H](O)[C@@H](CO)O[C@H]1n1cnc2c(NC(=O)c3ccccc3)ncnc21. The van der Waals surface area contributed by atoms with Gasteiger partial charge in [0, 0.05) is 12.7 Å². The Kier molecular flexibility index (Phi) is 6.49. The third-order valence-corrected chi connectivity index (χ3v) is 4.99. The third kappa shape index (κ3) is 4.27. The summed E-state index contributed by atoms with van der Waals surface area (Å²) in [5.41, 5.74) is 1.22. The minimum absolute atomic E-state index is 0.232. The van der Waals surface area contributed by atoms with Crippen LogP contribution in [-0.2, 0) is 14.2 Å². The molecular formula is C20H23N5O6. The zero-order chi connectivity index (χ0) is 21.8. The Bertz CT molecular complexity index is 1030. The lowest BCUT2D eigenvalue weighted by Crippen LogP contribution is -2.36. The Hall–Kier alpha value is -2.96. The molecule has 4 atom stereocenters. The number of rotatable bonds is 8. The number of benzene rings is 1. The number of anilines is 1.